The third kappa shape index (κ3) is 5.15. The molecule has 2 saturated heterocycles. The summed E-state index contributed by atoms with van der Waals surface area (Å²) in [5.41, 5.74) is 0.975. The number of anilines is 3. The van der Waals surface area contributed by atoms with Crippen LogP contribution in [0, 0.1) is 0 Å². The molecule has 2 aromatic rings. The smallest absolute Gasteiger partial charge is 0.252 e. The van der Waals surface area contributed by atoms with Gasteiger partial charge >= 0.3 is 0 Å². The molecule has 29 heavy (non-hydrogen) atoms. The van der Waals surface area contributed by atoms with Gasteiger partial charge in [-0.1, -0.05) is 23.7 Å². The Balaban J connectivity index is 1.60. The van der Waals surface area contributed by atoms with Crippen LogP contribution in [-0.2, 0) is 0 Å². The molecule has 0 amide bonds. The van der Waals surface area contributed by atoms with Crippen LogP contribution in [0.1, 0.15) is 44.1 Å². The highest BCUT2D eigenvalue weighted by molar-refractivity contribution is 6.30. The Morgan fingerprint density at radius 3 is 1.86 bits per heavy atom. The zero-order valence-corrected chi connectivity index (χ0v) is 17.7. The minimum Gasteiger partial charge on any atom is -0.341 e. The van der Waals surface area contributed by atoms with Gasteiger partial charge in [0, 0.05) is 38.2 Å². The summed E-state index contributed by atoms with van der Waals surface area (Å²) in [5, 5.41) is 6.97. The summed E-state index contributed by atoms with van der Waals surface area (Å²) in [4.78, 5) is 18.9. The monoisotopic (exact) mass is 413 g/mol. The zero-order chi connectivity index (χ0) is 20.1. The van der Waals surface area contributed by atoms with Crippen molar-refractivity contribution in [3.63, 3.8) is 0 Å². The quantitative estimate of drug-likeness (QED) is 0.545. The minimum atomic E-state index is 0.575. The molecule has 154 valence electrons. The van der Waals surface area contributed by atoms with E-state index in [-0.39, 0.29) is 0 Å². The van der Waals surface area contributed by atoms with E-state index in [2.05, 4.69) is 14.9 Å². The molecular formula is C21H28ClN7. The molecule has 0 unspecified atom stereocenters. The molecule has 0 aliphatic carbocycles. The van der Waals surface area contributed by atoms with E-state index in [0.717, 1.165) is 43.6 Å². The van der Waals surface area contributed by atoms with Crippen LogP contribution in [0.25, 0.3) is 0 Å². The highest BCUT2D eigenvalue weighted by Gasteiger charge is 2.21. The van der Waals surface area contributed by atoms with E-state index in [1.165, 1.54) is 38.5 Å². The molecule has 2 aliphatic heterocycles. The number of nitrogens with zero attached hydrogens (tertiary/aromatic N) is 7. The van der Waals surface area contributed by atoms with Gasteiger partial charge in [0.25, 0.3) is 5.95 Å². The molecule has 1 aromatic heterocycles. The lowest BCUT2D eigenvalue weighted by atomic mass is 10.1. The first-order valence-corrected chi connectivity index (χ1v) is 10.9. The van der Waals surface area contributed by atoms with Crippen LogP contribution in [0.2, 0.25) is 5.02 Å². The highest BCUT2D eigenvalue weighted by atomic mass is 35.5. The molecule has 8 heteroatoms. The molecule has 2 aliphatic rings. The van der Waals surface area contributed by atoms with Gasteiger partial charge in [-0.15, -0.1) is 0 Å². The molecule has 0 atom stereocenters. The van der Waals surface area contributed by atoms with Crippen LogP contribution >= 0.6 is 11.6 Å². The number of hydrazone groups is 1. The lowest BCUT2D eigenvalue weighted by Gasteiger charge is -2.30. The van der Waals surface area contributed by atoms with Crippen molar-refractivity contribution in [1.29, 1.82) is 0 Å². The zero-order valence-electron chi connectivity index (χ0n) is 17.0. The van der Waals surface area contributed by atoms with Gasteiger partial charge in [0.15, 0.2) is 0 Å². The van der Waals surface area contributed by atoms with Crippen molar-refractivity contribution in [2.45, 2.75) is 38.5 Å². The molecule has 0 N–H and O–H groups in total. The van der Waals surface area contributed by atoms with Gasteiger partial charge in [0.05, 0.1) is 6.21 Å². The Bertz CT molecular complexity index is 791. The first-order valence-electron chi connectivity index (χ1n) is 10.5. The van der Waals surface area contributed by atoms with E-state index >= 15 is 0 Å². The number of piperidine rings is 2. The maximum atomic E-state index is 5.96. The third-order valence-electron chi connectivity index (χ3n) is 5.42. The molecule has 2 fully saturated rings. The molecule has 0 bridgehead atoms. The van der Waals surface area contributed by atoms with E-state index < -0.39 is 0 Å². The second-order valence-electron chi connectivity index (χ2n) is 7.65. The molecule has 3 heterocycles. The minimum absolute atomic E-state index is 0.575. The van der Waals surface area contributed by atoms with Crippen LogP contribution in [-0.4, -0.2) is 54.4 Å². The van der Waals surface area contributed by atoms with E-state index in [0.29, 0.717) is 11.0 Å². The predicted molar refractivity (Wildman–Crippen MR) is 119 cm³/mol. The summed E-state index contributed by atoms with van der Waals surface area (Å²) < 4.78 is 0. The largest absolute Gasteiger partial charge is 0.341 e. The van der Waals surface area contributed by atoms with Gasteiger partial charge < -0.3 is 9.80 Å². The van der Waals surface area contributed by atoms with Crippen molar-refractivity contribution >= 4 is 35.7 Å². The molecule has 0 saturated carbocycles. The maximum Gasteiger partial charge on any atom is 0.252 e. The first-order chi connectivity index (χ1) is 14.2. The maximum absolute atomic E-state index is 5.96. The summed E-state index contributed by atoms with van der Waals surface area (Å²) in [7, 11) is 1.88. The highest BCUT2D eigenvalue weighted by Crippen LogP contribution is 2.23. The van der Waals surface area contributed by atoms with Crippen molar-refractivity contribution in [1.82, 2.24) is 15.0 Å². The number of halogens is 1. The Morgan fingerprint density at radius 1 is 0.828 bits per heavy atom. The summed E-state index contributed by atoms with van der Waals surface area (Å²) in [5.74, 6) is 2.11. The van der Waals surface area contributed by atoms with Crippen LogP contribution in [0.15, 0.2) is 29.4 Å². The summed E-state index contributed by atoms with van der Waals surface area (Å²) in [6.45, 7) is 4.00. The lowest BCUT2D eigenvalue weighted by Crippen LogP contribution is -2.35. The van der Waals surface area contributed by atoms with Crippen LogP contribution in [0.4, 0.5) is 17.8 Å². The molecule has 1 aromatic carbocycles. The molecular weight excluding hydrogens is 386 g/mol. The molecule has 7 nitrogen and oxygen atoms in total. The van der Waals surface area contributed by atoms with Crippen LogP contribution < -0.4 is 14.8 Å². The van der Waals surface area contributed by atoms with Gasteiger partial charge in [0.2, 0.25) is 11.9 Å². The van der Waals surface area contributed by atoms with Gasteiger partial charge in [-0.2, -0.15) is 20.1 Å². The predicted octanol–water partition coefficient (Wildman–Crippen LogP) is 3.98. The Morgan fingerprint density at radius 2 is 1.34 bits per heavy atom. The van der Waals surface area contributed by atoms with Crippen molar-refractivity contribution in [2.24, 2.45) is 5.10 Å². The fourth-order valence-electron chi connectivity index (χ4n) is 3.71. The third-order valence-corrected chi connectivity index (χ3v) is 5.67. The topological polar surface area (TPSA) is 60.8 Å². The fraction of sp³-hybridized carbons (Fsp3) is 0.524. The first kappa shape index (κ1) is 19.9. The number of aromatic nitrogens is 3. The van der Waals surface area contributed by atoms with Crippen molar-refractivity contribution < 1.29 is 0 Å². The normalized spacial score (nSPS) is 17.7. The van der Waals surface area contributed by atoms with Gasteiger partial charge in [-0.05, 0) is 56.2 Å². The van der Waals surface area contributed by atoms with Crippen molar-refractivity contribution in [3.8, 4) is 0 Å². The SMILES string of the molecule is CN(/N=C\c1ccc(Cl)cc1)c1nc(N2CCCCC2)nc(N2CCCCC2)n1. The Kier molecular flexibility index (Phi) is 6.44. The second kappa shape index (κ2) is 9.39. The fourth-order valence-corrected chi connectivity index (χ4v) is 3.84. The Hall–Kier alpha value is -2.41. The summed E-state index contributed by atoms with van der Waals surface area (Å²) in [6.07, 6.45) is 9.09. The number of benzene rings is 1. The van der Waals surface area contributed by atoms with E-state index in [9.17, 15) is 0 Å². The van der Waals surface area contributed by atoms with Crippen LogP contribution in [0.5, 0.6) is 0 Å². The lowest BCUT2D eigenvalue weighted by molar-refractivity contribution is 0.555. The van der Waals surface area contributed by atoms with E-state index in [4.69, 9.17) is 26.6 Å². The van der Waals surface area contributed by atoms with Gasteiger partial charge in [-0.3, -0.25) is 0 Å². The number of hydrogen-bond donors (Lipinski definition) is 0. The summed E-state index contributed by atoms with van der Waals surface area (Å²) in [6, 6.07) is 7.58. The Labute approximate surface area is 177 Å². The van der Waals surface area contributed by atoms with E-state index in [1.807, 2.05) is 31.3 Å². The average molecular weight is 414 g/mol. The number of hydrogen-bond acceptors (Lipinski definition) is 7. The van der Waals surface area contributed by atoms with Gasteiger partial charge in [0.1, 0.15) is 0 Å². The van der Waals surface area contributed by atoms with Crippen LogP contribution in [0.3, 0.4) is 0 Å². The standard InChI is InChI=1S/C21H28ClN7/c1-27(23-16-17-8-10-18(22)11-9-17)19-24-20(28-12-4-2-5-13-28)26-21(25-19)29-14-6-3-7-15-29/h8-11,16H,2-7,12-15H2,1H3/b23-16-. The summed E-state index contributed by atoms with van der Waals surface area (Å²) >= 11 is 5.96. The molecule has 4 rings (SSSR count). The second-order valence-corrected chi connectivity index (χ2v) is 8.09. The average Bonchev–Trinajstić information content (AvgIpc) is 2.79. The van der Waals surface area contributed by atoms with Gasteiger partial charge in [-0.25, -0.2) is 5.01 Å². The van der Waals surface area contributed by atoms with Crippen molar-refractivity contribution in [3.05, 3.63) is 34.9 Å². The van der Waals surface area contributed by atoms with Crippen molar-refractivity contribution in [2.75, 3.05) is 48.0 Å². The molecule has 0 spiro atoms. The number of rotatable bonds is 5. The van der Waals surface area contributed by atoms with E-state index in [1.54, 1.807) is 11.2 Å². The molecule has 0 radical (unpaired) electrons.